The van der Waals surface area contributed by atoms with Crippen LogP contribution in [0.1, 0.15) is 43.2 Å². The van der Waals surface area contributed by atoms with Crippen molar-refractivity contribution in [1.82, 2.24) is 4.72 Å². The van der Waals surface area contributed by atoms with Gasteiger partial charge in [-0.3, -0.25) is 9.59 Å². The maximum Gasteiger partial charge on any atom is 0.322 e. The lowest BCUT2D eigenvalue weighted by atomic mass is 9.96. The number of sulfonamides is 1. The number of esters is 1. The molecule has 2 N–H and O–H groups in total. The average Bonchev–Trinajstić information content (AvgIpc) is 3.45. The normalized spacial score (nSPS) is 15.1. The Kier molecular flexibility index (Phi) is 8.81. The summed E-state index contributed by atoms with van der Waals surface area (Å²) in [4.78, 5) is 26.8. The standard InChI is InChI=1S/C29H32N2O6S/c1-2-26(22-10-12-23(13-11-22)31-18-6-7-19-31)29(34)37-24-14-16-25(17-15-24)38(35,36)30-27(28(32)33)20-21-8-4-3-5-9-21/h3-5,8-17,26-27,30H,2,6-7,18-20H2,1H3,(H,32,33). The average molecular weight is 537 g/mol. The first-order valence-electron chi connectivity index (χ1n) is 12.7. The summed E-state index contributed by atoms with van der Waals surface area (Å²) in [5.41, 5.74) is 2.71. The van der Waals surface area contributed by atoms with E-state index in [0.29, 0.717) is 12.0 Å². The molecule has 0 spiro atoms. The SMILES string of the molecule is CCC(C(=O)Oc1ccc(S(=O)(=O)NC(Cc2ccccc2)C(=O)O)cc1)c1ccc(N2CCCC2)cc1. The van der Waals surface area contributed by atoms with Crippen LogP contribution >= 0.6 is 0 Å². The quantitative estimate of drug-likeness (QED) is 0.277. The number of benzene rings is 3. The lowest BCUT2D eigenvalue weighted by molar-refractivity contribution is -0.139. The molecule has 38 heavy (non-hydrogen) atoms. The number of aliphatic carboxylic acids is 1. The number of carboxylic acid groups (broad SMARTS) is 1. The van der Waals surface area contributed by atoms with Gasteiger partial charge in [0.15, 0.2) is 0 Å². The lowest BCUT2D eigenvalue weighted by Gasteiger charge is -2.19. The highest BCUT2D eigenvalue weighted by atomic mass is 32.2. The van der Waals surface area contributed by atoms with Crippen molar-refractivity contribution >= 4 is 27.6 Å². The van der Waals surface area contributed by atoms with E-state index in [2.05, 4.69) is 9.62 Å². The molecule has 9 heteroatoms. The largest absolute Gasteiger partial charge is 0.480 e. The lowest BCUT2D eigenvalue weighted by Crippen LogP contribution is -2.42. The van der Waals surface area contributed by atoms with Crippen molar-refractivity contribution < 1.29 is 27.9 Å². The van der Waals surface area contributed by atoms with Gasteiger partial charge in [0, 0.05) is 18.8 Å². The third-order valence-electron chi connectivity index (χ3n) is 6.69. The minimum absolute atomic E-state index is 0.00250. The number of hydrogen-bond acceptors (Lipinski definition) is 6. The molecule has 1 saturated heterocycles. The zero-order valence-electron chi connectivity index (χ0n) is 21.2. The first-order valence-corrected chi connectivity index (χ1v) is 14.2. The summed E-state index contributed by atoms with van der Waals surface area (Å²) >= 11 is 0. The highest BCUT2D eigenvalue weighted by molar-refractivity contribution is 7.89. The summed E-state index contributed by atoms with van der Waals surface area (Å²) in [7, 11) is -4.12. The molecule has 0 radical (unpaired) electrons. The van der Waals surface area contributed by atoms with Crippen LogP contribution in [-0.4, -0.2) is 44.6 Å². The van der Waals surface area contributed by atoms with E-state index < -0.39 is 33.9 Å². The van der Waals surface area contributed by atoms with Crippen LogP contribution in [0.25, 0.3) is 0 Å². The Morgan fingerprint density at radius 2 is 1.58 bits per heavy atom. The Labute approximate surface area is 223 Å². The number of rotatable bonds is 11. The Balaban J connectivity index is 1.40. The van der Waals surface area contributed by atoms with Crippen molar-refractivity contribution in [3.63, 3.8) is 0 Å². The monoisotopic (exact) mass is 536 g/mol. The maximum atomic E-state index is 12.9. The summed E-state index contributed by atoms with van der Waals surface area (Å²) in [6.07, 6.45) is 2.93. The highest BCUT2D eigenvalue weighted by Gasteiger charge is 2.26. The Bertz CT molecular complexity index is 1340. The van der Waals surface area contributed by atoms with Gasteiger partial charge in [-0.1, -0.05) is 49.4 Å². The highest BCUT2D eigenvalue weighted by Crippen LogP contribution is 2.27. The zero-order chi connectivity index (χ0) is 27.1. The van der Waals surface area contributed by atoms with Crippen LogP contribution in [0.15, 0.2) is 83.8 Å². The first-order chi connectivity index (χ1) is 18.3. The van der Waals surface area contributed by atoms with E-state index in [4.69, 9.17) is 4.74 Å². The topological polar surface area (TPSA) is 113 Å². The fourth-order valence-corrected chi connectivity index (χ4v) is 5.78. The van der Waals surface area contributed by atoms with Crippen LogP contribution in [0.2, 0.25) is 0 Å². The van der Waals surface area contributed by atoms with E-state index in [1.807, 2.05) is 31.2 Å². The fraction of sp³-hybridized carbons (Fsp3) is 0.310. The van der Waals surface area contributed by atoms with Crippen LogP contribution in [0.4, 0.5) is 5.69 Å². The molecule has 1 aliphatic heterocycles. The van der Waals surface area contributed by atoms with Crippen LogP contribution in [0.5, 0.6) is 5.75 Å². The van der Waals surface area contributed by atoms with Gasteiger partial charge in [-0.2, -0.15) is 4.72 Å². The molecule has 0 aromatic heterocycles. The van der Waals surface area contributed by atoms with Crippen molar-refractivity contribution in [2.45, 2.75) is 49.5 Å². The second-order valence-electron chi connectivity index (χ2n) is 9.34. The summed E-state index contributed by atoms with van der Waals surface area (Å²) < 4.78 is 33.5. The zero-order valence-corrected chi connectivity index (χ0v) is 22.1. The van der Waals surface area contributed by atoms with E-state index in [1.54, 1.807) is 30.3 Å². The van der Waals surface area contributed by atoms with Gasteiger partial charge in [-0.15, -0.1) is 0 Å². The van der Waals surface area contributed by atoms with Gasteiger partial charge >= 0.3 is 11.9 Å². The van der Waals surface area contributed by atoms with Crippen LogP contribution in [0.3, 0.4) is 0 Å². The van der Waals surface area contributed by atoms with Gasteiger partial charge in [0.25, 0.3) is 0 Å². The van der Waals surface area contributed by atoms with Gasteiger partial charge in [0.1, 0.15) is 11.8 Å². The van der Waals surface area contributed by atoms with E-state index in [9.17, 15) is 23.1 Å². The van der Waals surface area contributed by atoms with Gasteiger partial charge in [0.05, 0.1) is 10.8 Å². The number of carboxylic acids is 1. The number of ether oxygens (including phenoxy) is 1. The van der Waals surface area contributed by atoms with Crippen molar-refractivity contribution in [2.24, 2.45) is 0 Å². The second-order valence-corrected chi connectivity index (χ2v) is 11.1. The molecule has 4 rings (SSSR count). The molecule has 200 valence electrons. The van der Waals surface area contributed by atoms with E-state index in [1.165, 1.54) is 37.1 Å². The number of nitrogens with zero attached hydrogens (tertiary/aromatic N) is 1. The smallest absolute Gasteiger partial charge is 0.322 e. The second kappa shape index (κ2) is 12.2. The summed E-state index contributed by atoms with van der Waals surface area (Å²) in [5, 5.41) is 9.54. The number of anilines is 1. The van der Waals surface area contributed by atoms with Crippen LogP contribution in [0, 0.1) is 0 Å². The summed E-state index contributed by atoms with van der Waals surface area (Å²) in [6.45, 7) is 4.00. The van der Waals surface area contributed by atoms with Crippen LogP contribution in [-0.2, 0) is 26.0 Å². The van der Waals surface area contributed by atoms with Crippen molar-refractivity contribution in [2.75, 3.05) is 18.0 Å². The molecule has 0 aliphatic carbocycles. The predicted octanol–water partition coefficient (Wildman–Crippen LogP) is 4.36. The molecule has 0 amide bonds. The van der Waals surface area contributed by atoms with Crippen LogP contribution < -0.4 is 14.4 Å². The maximum absolute atomic E-state index is 12.9. The van der Waals surface area contributed by atoms with Gasteiger partial charge in [-0.25, -0.2) is 8.42 Å². The van der Waals surface area contributed by atoms with Gasteiger partial charge < -0.3 is 14.7 Å². The third kappa shape index (κ3) is 6.79. The molecule has 2 atom stereocenters. The molecule has 0 bridgehead atoms. The molecule has 3 aromatic carbocycles. The number of nitrogens with one attached hydrogen (secondary N) is 1. The van der Waals surface area contributed by atoms with Gasteiger partial charge in [0.2, 0.25) is 10.0 Å². The van der Waals surface area contributed by atoms with E-state index in [-0.39, 0.29) is 17.1 Å². The Morgan fingerprint density at radius 3 is 2.16 bits per heavy atom. The Hall–Kier alpha value is -3.69. The minimum Gasteiger partial charge on any atom is -0.480 e. The first kappa shape index (κ1) is 27.3. The van der Waals surface area contributed by atoms with Crippen molar-refractivity contribution in [3.05, 3.63) is 90.0 Å². The minimum atomic E-state index is -4.12. The van der Waals surface area contributed by atoms with Crippen molar-refractivity contribution in [3.8, 4) is 5.75 Å². The molecule has 1 fully saturated rings. The van der Waals surface area contributed by atoms with E-state index in [0.717, 1.165) is 24.3 Å². The molecule has 3 aromatic rings. The summed E-state index contributed by atoms with van der Waals surface area (Å²) in [6, 6.07) is 20.8. The number of carbonyl (C=O) groups is 2. The van der Waals surface area contributed by atoms with Gasteiger partial charge in [-0.05, 0) is 73.2 Å². The Morgan fingerprint density at radius 1 is 0.947 bits per heavy atom. The number of hydrogen-bond donors (Lipinski definition) is 2. The molecule has 1 heterocycles. The molecule has 0 saturated carbocycles. The molecule has 1 aliphatic rings. The molecule has 8 nitrogen and oxygen atoms in total. The predicted molar refractivity (Wildman–Crippen MR) is 145 cm³/mol. The third-order valence-corrected chi connectivity index (χ3v) is 8.18. The molecule has 2 unspecified atom stereocenters. The van der Waals surface area contributed by atoms with Crippen molar-refractivity contribution in [1.29, 1.82) is 0 Å². The number of carbonyl (C=O) groups excluding carboxylic acids is 1. The van der Waals surface area contributed by atoms with E-state index >= 15 is 0 Å². The summed E-state index contributed by atoms with van der Waals surface area (Å²) in [5.74, 6) is -1.95. The molecular formula is C29H32N2O6S. The molecular weight excluding hydrogens is 504 g/mol. The fourth-order valence-electron chi connectivity index (χ4n) is 4.59.